The summed E-state index contributed by atoms with van der Waals surface area (Å²) in [7, 11) is 0. The molecular weight excluding hydrogens is 322 g/mol. The maximum absolute atomic E-state index is 13.1. The average Bonchev–Trinajstić information content (AvgIpc) is 3.08. The number of H-pyrrole nitrogens is 1. The summed E-state index contributed by atoms with van der Waals surface area (Å²) in [6.07, 6.45) is 6.41. The highest BCUT2D eigenvalue weighted by Crippen LogP contribution is 2.30. The van der Waals surface area contributed by atoms with Gasteiger partial charge in [0.1, 0.15) is 5.82 Å². The number of hydrogen-bond acceptors (Lipinski definition) is 2. The van der Waals surface area contributed by atoms with Crippen LogP contribution in [0.2, 0.25) is 5.02 Å². The number of nitrogens with one attached hydrogen (secondary N) is 1. The van der Waals surface area contributed by atoms with Crippen molar-refractivity contribution >= 4 is 17.5 Å². The number of carbonyl (C=O) groups is 1. The van der Waals surface area contributed by atoms with Gasteiger partial charge in [0, 0.05) is 41.8 Å². The Morgan fingerprint density at radius 3 is 3.00 bits per heavy atom. The van der Waals surface area contributed by atoms with Gasteiger partial charge in [-0.25, -0.2) is 4.98 Å². The third-order valence-corrected chi connectivity index (χ3v) is 4.96. The van der Waals surface area contributed by atoms with E-state index in [2.05, 4.69) is 9.97 Å². The van der Waals surface area contributed by atoms with Gasteiger partial charge < -0.3 is 9.88 Å². The van der Waals surface area contributed by atoms with Crippen LogP contribution in [0.4, 0.5) is 0 Å². The van der Waals surface area contributed by atoms with E-state index in [1.807, 2.05) is 49.2 Å². The number of piperidine rings is 1. The maximum atomic E-state index is 13.1. The van der Waals surface area contributed by atoms with E-state index in [9.17, 15) is 4.79 Å². The van der Waals surface area contributed by atoms with E-state index in [-0.39, 0.29) is 5.91 Å². The summed E-state index contributed by atoms with van der Waals surface area (Å²) in [5.41, 5.74) is 0.649. The topological polar surface area (TPSA) is 49.0 Å². The molecule has 1 N–H and O–H groups in total. The summed E-state index contributed by atoms with van der Waals surface area (Å²) in [5, 5.41) is 0.714. The molecule has 24 heavy (non-hydrogen) atoms. The molecule has 1 aliphatic heterocycles. The highest BCUT2D eigenvalue weighted by molar-refractivity contribution is 6.30. The fourth-order valence-electron chi connectivity index (χ4n) is 3.55. The Bertz CT molecular complexity index is 696. The molecule has 1 aromatic carbocycles. The molecule has 2 aromatic rings. The van der Waals surface area contributed by atoms with Crippen LogP contribution in [0.1, 0.15) is 44.0 Å². The van der Waals surface area contributed by atoms with Crippen molar-refractivity contribution < 1.29 is 4.79 Å². The summed E-state index contributed by atoms with van der Waals surface area (Å²) < 4.78 is 0. The van der Waals surface area contributed by atoms with Crippen LogP contribution in [0, 0.1) is 5.41 Å². The van der Waals surface area contributed by atoms with E-state index >= 15 is 0 Å². The van der Waals surface area contributed by atoms with Crippen molar-refractivity contribution in [2.45, 2.75) is 39.0 Å². The van der Waals surface area contributed by atoms with E-state index in [1.54, 1.807) is 6.20 Å². The second-order valence-electron chi connectivity index (χ2n) is 7.26. The SMILES string of the molecule is CC(C)(Cc1cccc(Cl)c1)C(=O)N1CCC[C@H](c2ncc[nH]2)C1. The maximum Gasteiger partial charge on any atom is 0.228 e. The Morgan fingerprint density at radius 1 is 1.46 bits per heavy atom. The molecule has 0 bridgehead atoms. The first-order chi connectivity index (χ1) is 11.5. The van der Waals surface area contributed by atoms with E-state index in [1.165, 1.54) is 0 Å². The van der Waals surface area contributed by atoms with Crippen molar-refractivity contribution in [2.75, 3.05) is 13.1 Å². The van der Waals surface area contributed by atoms with Gasteiger partial charge in [-0.2, -0.15) is 0 Å². The molecule has 0 saturated carbocycles. The zero-order valence-electron chi connectivity index (χ0n) is 14.3. The Kier molecular flexibility index (Phi) is 4.95. The van der Waals surface area contributed by atoms with Crippen molar-refractivity contribution in [1.82, 2.24) is 14.9 Å². The Labute approximate surface area is 148 Å². The Morgan fingerprint density at radius 2 is 2.29 bits per heavy atom. The van der Waals surface area contributed by atoms with Crippen molar-refractivity contribution in [3.05, 3.63) is 53.1 Å². The number of aromatic nitrogens is 2. The average molecular weight is 346 g/mol. The number of benzene rings is 1. The molecule has 3 rings (SSSR count). The van der Waals surface area contributed by atoms with Crippen LogP contribution < -0.4 is 0 Å². The molecule has 128 valence electrons. The molecule has 0 unspecified atom stereocenters. The first-order valence-corrected chi connectivity index (χ1v) is 8.86. The predicted octanol–water partition coefficient (Wildman–Crippen LogP) is 4.04. The Hall–Kier alpha value is -1.81. The quantitative estimate of drug-likeness (QED) is 0.909. The monoisotopic (exact) mass is 345 g/mol. The first-order valence-electron chi connectivity index (χ1n) is 8.49. The number of hydrogen-bond donors (Lipinski definition) is 1. The summed E-state index contributed by atoms with van der Waals surface area (Å²) in [4.78, 5) is 22.6. The van der Waals surface area contributed by atoms with E-state index in [4.69, 9.17) is 11.6 Å². The second-order valence-corrected chi connectivity index (χ2v) is 7.69. The summed E-state index contributed by atoms with van der Waals surface area (Å²) >= 11 is 6.07. The molecule has 1 aliphatic rings. The van der Waals surface area contributed by atoms with Crippen molar-refractivity contribution in [1.29, 1.82) is 0 Å². The van der Waals surface area contributed by atoms with Crippen LogP contribution in [-0.4, -0.2) is 33.9 Å². The minimum atomic E-state index is -0.449. The molecule has 1 amide bonds. The summed E-state index contributed by atoms with van der Waals surface area (Å²) in [6, 6.07) is 7.77. The lowest BCUT2D eigenvalue weighted by Gasteiger charge is -2.37. The number of rotatable bonds is 4. The van der Waals surface area contributed by atoms with Gasteiger partial charge in [0.05, 0.1) is 0 Å². The zero-order valence-corrected chi connectivity index (χ0v) is 15.0. The Balaban J connectivity index is 1.69. The zero-order chi connectivity index (χ0) is 17.2. The second kappa shape index (κ2) is 6.98. The van der Waals surface area contributed by atoms with Crippen molar-refractivity contribution in [3.63, 3.8) is 0 Å². The van der Waals surface area contributed by atoms with Crippen LogP contribution in [0.5, 0.6) is 0 Å². The molecular formula is C19H24ClN3O. The third-order valence-electron chi connectivity index (χ3n) is 4.73. The molecule has 0 spiro atoms. The van der Waals surface area contributed by atoms with E-state index < -0.39 is 5.41 Å². The number of carbonyl (C=O) groups excluding carboxylic acids is 1. The minimum Gasteiger partial charge on any atom is -0.348 e. The molecule has 2 heterocycles. The lowest BCUT2D eigenvalue weighted by atomic mass is 9.83. The van der Waals surface area contributed by atoms with Crippen LogP contribution >= 0.6 is 11.6 Å². The molecule has 1 saturated heterocycles. The fraction of sp³-hybridized carbons (Fsp3) is 0.474. The lowest BCUT2D eigenvalue weighted by molar-refractivity contribution is -0.141. The molecule has 5 heteroatoms. The van der Waals surface area contributed by atoms with Crippen molar-refractivity contribution in [2.24, 2.45) is 5.41 Å². The van der Waals surface area contributed by atoms with Crippen molar-refractivity contribution in [3.8, 4) is 0 Å². The van der Waals surface area contributed by atoms with Crippen LogP contribution in [0.15, 0.2) is 36.7 Å². The standard InChI is InChI=1S/C19H24ClN3O/c1-19(2,12-14-5-3-7-16(20)11-14)18(24)23-10-4-6-15(13-23)17-21-8-9-22-17/h3,5,7-9,11,15H,4,6,10,12-13H2,1-2H3,(H,21,22)/t15-/m0/s1. The number of imidazole rings is 1. The highest BCUT2D eigenvalue weighted by Gasteiger charge is 2.35. The largest absolute Gasteiger partial charge is 0.348 e. The number of likely N-dealkylation sites (tertiary alicyclic amines) is 1. The van der Waals surface area contributed by atoms with Crippen LogP contribution in [0.25, 0.3) is 0 Å². The fourth-order valence-corrected chi connectivity index (χ4v) is 3.76. The van der Waals surface area contributed by atoms with Gasteiger partial charge >= 0.3 is 0 Å². The lowest BCUT2D eigenvalue weighted by Crippen LogP contribution is -2.46. The molecule has 1 aromatic heterocycles. The first kappa shape index (κ1) is 17.0. The van der Waals surface area contributed by atoms with E-state index in [0.29, 0.717) is 17.4 Å². The number of amides is 1. The smallest absolute Gasteiger partial charge is 0.228 e. The van der Waals surface area contributed by atoms with E-state index in [0.717, 1.165) is 37.3 Å². The van der Waals surface area contributed by atoms with Gasteiger partial charge in [-0.05, 0) is 37.0 Å². The third kappa shape index (κ3) is 3.81. The molecule has 4 nitrogen and oxygen atoms in total. The van der Waals surface area contributed by atoms with Gasteiger partial charge in [0.2, 0.25) is 5.91 Å². The van der Waals surface area contributed by atoms with Gasteiger partial charge in [-0.3, -0.25) is 4.79 Å². The number of aromatic amines is 1. The molecule has 0 radical (unpaired) electrons. The molecule has 0 aliphatic carbocycles. The van der Waals surface area contributed by atoms with Gasteiger partial charge in [0.25, 0.3) is 0 Å². The molecule has 1 atom stereocenters. The number of nitrogens with zero attached hydrogens (tertiary/aromatic N) is 2. The highest BCUT2D eigenvalue weighted by atomic mass is 35.5. The number of halogens is 1. The van der Waals surface area contributed by atoms with Crippen LogP contribution in [0.3, 0.4) is 0 Å². The predicted molar refractivity (Wildman–Crippen MR) is 96.1 cm³/mol. The van der Waals surface area contributed by atoms with Crippen LogP contribution in [-0.2, 0) is 11.2 Å². The summed E-state index contributed by atoms with van der Waals surface area (Å²) in [6.45, 7) is 5.61. The summed E-state index contributed by atoms with van der Waals surface area (Å²) in [5.74, 6) is 1.50. The van der Waals surface area contributed by atoms with Gasteiger partial charge in [-0.15, -0.1) is 0 Å². The normalized spacial score (nSPS) is 18.6. The van der Waals surface area contributed by atoms with Gasteiger partial charge in [-0.1, -0.05) is 37.6 Å². The van der Waals surface area contributed by atoms with Gasteiger partial charge in [0.15, 0.2) is 0 Å². The minimum absolute atomic E-state index is 0.207. The molecule has 1 fully saturated rings.